The van der Waals surface area contributed by atoms with Crippen LogP contribution < -0.4 is 10.6 Å². The molecule has 1 aromatic carbocycles. The minimum Gasteiger partial charge on any atom is -0.369 e. The van der Waals surface area contributed by atoms with Crippen molar-refractivity contribution in [3.05, 3.63) is 41.6 Å². The average molecular weight is 453 g/mol. The van der Waals surface area contributed by atoms with Gasteiger partial charge in [0.2, 0.25) is 0 Å². The van der Waals surface area contributed by atoms with Gasteiger partial charge in [0.05, 0.1) is 29.3 Å². The highest BCUT2D eigenvalue weighted by Crippen LogP contribution is 2.31. The van der Waals surface area contributed by atoms with E-state index in [0.717, 1.165) is 24.1 Å². The first-order valence-corrected chi connectivity index (χ1v) is 10.9. The highest BCUT2D eigenvalue weighted by atomic mass is 32.2. The zero-order valence-corrected chi connectivity index (χ0v) is 18.1. The third-order valence-corrected chi connectivity index (χ3v) is 4.97. The number of rotatable bonds is 8. The second-order valence-electron chi connectivity index (χ2n) is 7.24. The number of amides is 1. The van der Waals surface area contributed by atoms with Crippen molar-refractivity contribution in [2.75, 3.05) is 24.7 Å². The van der Waals surface area contributed by atoms with Gasteiger partial charge in [-0.3, -0.25) is 4.79 Å². The third kappa shape index (κ3) is 5.46. The van der Waals surface area contributed by atoms with Crippen molar-refractivity contribution >= 4 is 34.5 Å². The number of hydrogen-bond donors (Lipinski definition) is 2. The highest BCUT2D eigenvalue weighted by molar-refractivity contribution is 7.98. The molecule has 0 aliphatic carbocycles. The van der Waals surface area contributed by atoms with Crippen LogP contribution in [0.2, 0.25) is 0 Å². The van der Waals surface area contributed by atoms with Crippen molar-refractivity contribution in [1.82, 2.24) is 25.1 Å². The maximum absolute atomic E-state index is 13.1. The van der Waals surface area contributed by atoms with Crippen molar-refractivity contribution in [2.24, 2.45) is 5.92 Å². The molecule has 0 aliphatic heterocycles. The minimum atomic E-state index is -4.60. The summed E-state index contributed by atoms with van der Waals surface area (Å²) < 4.78 is 41.0. The fourth-order valence-electron chi connectivity index (χ4n) is 2.92. The number of fused-ring (bicyclic) bond motifs is 1. The molecule has 2 aromatic heterocycles. The van der Waals surface area contributed by atoms with Crippen LogP contribution in [0.5, 0.6) is 0 Å². The predicted molar refractivity (Wildman–Crippen MR) is 114 cm³/mol. The van der Waals surface area contributed by atoms with Gasteiger partial charge < -0.3 is 10.6 Å². The SMILES string of the molecule is CSc1nc(NCC(C)C)c2cnn(CCNC(=O)c3ccccc3C(F)(F)F)c2n1. The van der Waals surface area contributed by atoms with E-state index in [9.17, 15) is 18.0 Å². The largest absolute Gasteiger partial charge is 0.417 e. The molecule has 3 aromatic rings. The molecule has 2 N–H and O–H groups in total. The lowest BCUT2D eigenvalue weighted by molar-refractivity contribution is -0.137. The van der Waals surface area contributed by atoms with Gasteiger partial charge in [0.25, 0.3) is 5.91 Å². The second kappa shape index (κ2) is 9.54. The fraction of sp³-hybridized carbons (Fsp3) is 0.400. The first-order chi connectivity index (χ1) is 14.7. The van der Waals surface area contributed by atoms with Crippen molar-refractivity contribution < 1.29 is 18.0 Å². The second-order valence-corrected chi connectivity index (χ2v) is 8.01. The van der Waals surface area contributed by atoms with Crippen LogP contribution in [0.1, 0.15) is 29.8 Å². The maximum atomic E-state index is 13.1. The molecule has 0 aliphatic rings. The Balaban J connectivity index is 1.75. The van der Waals surface area contributed by atoms with Gasteiger partial charge in [-0.25, -0.2) is 14.6 Å². The topological polar surface area (TPSA) is 84.7 Å². The van der Waals surface area contributed by atoms with Crippen LogP contribution in [0, 0.1) is 5.92 Å². The molecule has 0 fully saturated rings. The smallest absolute Gasteiger partial charge is 0.369 e. The summed E-state index contributed by atoms with van der Waals surface area (Å²) in [6.45, 7) is 5.25. The van der Waals surface area contributed by atoms with E-state index in [1.165, 1.54) is 23.9 Å². The summed E-state index contributed by atoms with van der Waals surface area (Å²) in [5.74, 6) is 0.313. The van der Waals surface area contributed by atoms with Crippen LogP contribution >= 0.6 is 11.8 Å². The molecule has 7 nitrogen and oxygen atoms in total. The first kappa shape index (κ1) is 22.9. The van der Waals surface area contributed by atoms with Crippen LogP contribution in [0.3, 0.4) is 0 Å². The molecular formula is C20H23F3N6OS. The lowest BCUT2D eigenvalue weighted by Gasteiger charge is -2.13. The van der Waals surface area contributed by atoms with Crippen molar-refractivity contribution in [1.29, 1.82) is 0 Å². The van der Waals surface area contributed by atoms with E-state index in [1.807, 2.05) is 6.26 Å². The molecule has 0 atom stereocenters. The monoisotopic (exact) mass is 452 g/mol. The molecule has 166 valence electrons. The van der Waals surface area contributed by atoms with E-state index in [4.69, 9.17) is 0 Å². The van der Waals surface area contributed by atoms with Crippen LogP contribution in [-0.4, -0.2) is 45.0 Å². The van der Waals surface area contributed by atoms with Gasteiger partial charge in [-0.15, -0.1) is 0 Å². The summed E-state index contributed by atoms with van der Waals surface area (Å²) in [5.41, 5.74) is -0.779. The highest BCUT2D eigenvalue weighted by Gasteiger charge is 2.34. The van der Waals surface area contributed by atoms with E-state index in [2.05, 4.69) is 39.5 Å². The normalized spacial score (nSPS) is 11.8. The Bertz CT molecular complexity index is 1070. The molecule has 0 bridgehead atoms. The molecule has 3 rings (SSSR count). The number of anilines is 1. The Hall–Kier alpha value is -2.82. The summed E-state index contributed by atoms with van der Waals surface area (Å²) >= 11 is 1.39. The van der Waals surface area contributed by atoms with Gasteiger partial charge >= 0.3 is 6.18 Å². The predicted octanol–water partition coefficient (Wildman–Crippen LogP) is 4.06. The van der Waals surface area contributed by atoms with Crippen molar-refractivity contribution in [3.8, 4) is 0 Å². The summed E-state index contributed by atoms with van der Waals surface area (Å²) in [4.78, 5) is 21.3. The zero-order valence-electron chi connectivity index (χ0n) is 17.3. The van der Waals surface area contributed by atoms with Gasteiger partial charge in [-0.1, -0.05) is 37.7 Å². The number of carbonyl (C=O) groups is 1. The summed E-state index contributed by atoms with van der Waals surface area (Å²) in [7, 11) is 0. The third-order valence-electron chi connectivity index (χ3n) is 4.42. The van der Waals surface area contributed by atoms with E-state index >= 15 is 0 Å². The number of alkyl halides is 3. The molecule has 11 heteroatoms. The van der Waals surface area contributed by atoms with Gasteiger partial charge in [0.1, 0.15) is 5.82 Å². The summed E-state index contributed by atoms with van der Waals surface area (Å²) in [5, 5.41) is 11.5. The summed E-state index contributed by atoms with van der Waals surface area (Å²) in [6.07, 6.45) is -1.09. The Labute approximate surface area is 181 Å². The van der Waals surface area contributed by atoms with E-state index in [0.29, 0.717) is 22.5 Å². The molecule has 31 heavy (non-hydrogen) atoms. The van der Waals surface area contributed by atoms with E-state index in [1.54, 1.807) is 10.9 Å². The van der Waals surface area contributed by atoms with Gasteiger partial charge in [0.15, 0.2) is 10.8 Å². The van der Waals surface area contributed by atoms with Gasteiger partial charge in [-0.2, -0.15) is 18.3 Å². The molecule has 0 saturated heterocycles. The molecule has 2 heterocycles. The van der Waals surface area contributed by atoms with E-state index in [-0.39, 0.29) is 13.1 Å². The van der Waals surface area contributed by atoms with Gasteiger partial charge in [-0.05, 0) is 24.3 Å². The molecule has 0 saturated carbocycles. The lowest BCUT2D eigenvalue weighted by atomic mass is 10.1. The van der Waals surface area contributed by atoms with Crippen LogP contribution in [0.25, 0.3) is 11.0 Å². The minimum absolute atomic E-state index is 0.0924. The van der Waals surface area contributed by atoms with Gasteiger partial charge in [0, 0.05) is 13.1 Å². The number of halogens is 3. The quantitative estimate of drug-likeness (QED) is 0.396. The Morgan fingerprint density at radius 2 is 1.97 bits per heavy atom. The van der Waals surface area contributed by atoms with Crippen molar-refractivity contribution in [3.63, 3.8) is 0 Å². The number of benzene rings is 1. The Morgan fingerprint density at radius 3 is 2.65 bits per heavy atom. The number of thioether (sulfide) groups is 1. The molecule has 0 spiro atoms. The molecular weight excluding hydrogens is 429 g/mol. The van der Waals surface area contributed by atoms with Crippen LogP contribution in [-0.2, 0) is 12.7 Å². The summed E-state index contributed by atoms with van der Waals surface area (Å²) in [6, 6.07) is 4.70. The number of aromatic nitrogens is 4. The molecule has 0 unspecified atom stereocenters. The number of nitrogens with zero attached hydrogens (tertiary/aromatic N) is 4. The van der Waals surface area contributed by atoms with Crippen LogP contribution in [0.15, 0.2) is 35.6 Å². The zero-order chi connectivity index (χ0) is 22.6. The number of hydrogen-bond acceptors (Lipinski definition) is 6. The lowest BCUT2D eigenvalue weighted by Crippen LogP contribution is -2.29. The standard InChI is InChI=1S/C20H23F3N6OS/c1-12(2)10-25-16-14-11-26-29(17(14)28-19(27-16)31-3)9-8-24-18(30)13-6-4-5-7-15(13)20(21,22)23/h4-7,11-12H,8-10H2,1-3H3,(H,24,30)(H,25,27,28). The van der Waals surface area contributed by atoms with Crippen LogP contribution in [0.4, 0.5) is 19.0 Å². The first-order valence-electron chi connectivity index (χ1n) is 9.66. The molecule has 1 amide bonds. The number of carbonyl (C=O) groups excluding carboxylic acids is 1. The average Bonchev–Trinajstić information content (AvgIpc) is 3.14. The fourth-order valence-corrected chi connectivity index (χ4v) is 3.29. The maximum Gasteiger partial charge on any atom is 0.417 e. The van der Waals surface area contributed by atoms with Crippen molar-refractivity contribution in [2.45, 2.75) is 31.7 Å². The number of nitrogens with one attached hydrogen (secondary N) is 2. The Kier molecular flexibility index (Phi) is 7.04. The Morgan fingerprint density at radius 1 is 1.23 bits per heavy atom. The van der Waals surface area contributed by atoms with E-state index < -0.39 is 23.2 Å². The molecule has 0 radical (unpaired) electrons.